The molecule has 1 aliphatic heterocycles. The minimum atomic E-state index is -0.708. The first-order chi connectivity index (χ1) is 11.7. The molecule has 2 N–H and O–H groups in total. The number of carbonyl (C=O) groups is 1. The van der Waals surface area contributed by atoms with E-state index in [0.717, 1.165) is 25.7 Å². The van der Waals surface area contributed by atoms with Crippen LogP contribution in [-0.4, -0.2) is 23.2 Å². The van der Waals surface area contributed by atoms with Gasteiger partial charge in [0.15, 0.2) is 0 Å². The smallest absolute Gasteiger partial charge is 0.303 e. The lowest BCUT2D eigenvalue weighted by molar-refractivity contribution is -0.137. The second-order valence-electron chi connectivity index (χ2n) is 7.13. The third-order valence-electron chi connectivity index (χ3n) is 5.21. The molecule has 1 aliphatic carbocycles. The van der Waals surface area contributed by atoms with Gasteiger partial charge in [-0.3, -0.25) is 9.63 Å². The van der Waals surface area contributed by atoms with Gasteiger partial charge >= 0.3 is 5.97 Å². The SMILES string of the molecule is CCCCCCC=C[C@H]1C2CC(ON2)[C@@H]1CC=CCCCC(=O)O. The predicted octanol–water partition coefficient (Wildman–Crippen LogP) is 4.62. The number of rotatable bonds is 12. The van der Waals surface area contributed by atoms with E-state index in [9.17, 15) is 4.79 Å². The van der Waals surface area contributed by atoms with Crippen LogP contribution in [0.1, 0.15) is 71.1 Å². The number of unbranched alkanes of at least 4 members (excludes halogenated alkanes) is 5. The van der Waals surface area contributed by atoms with Crippen molar-refractivity contribution in [3.8, 4) is 0 Å². The maximum Gasteiger partial charge on any atom is 0.303 e. The van der Waals surface area contributed by atoms with Gasteiger partial charge in [0, 0.05) is 18.4 Å². The van der Waals surface area contributed by atoms with Crippen molar-refractivity contribution in [1.82, 2.24) is 5.48 Å². The summed E-state index contributed by atoms with van der Waals surface area (Å²) in [6.07, 6.45) is 19.9. The minimum absolute atomic E-state index is 0.259. The summed E-state index contributed by atoms with van der Waals surface area (Å²) in [5, 5.41) is 8.64. The molecule has 4 atom stereocenters. The first kappa shape index (κ1) is 19.2. The van der Waals surface area contributed by atoms with E-state index in [1.165, 1.54) is 32.1 Å². The number of carboxylic acid groups (broad SMARTS) is 1. The number of nitrogens with one attached hydrogen (secondary N) is 1. The molecule has 4 nitrogen and oxygen atoms in total. The van der Waals surface area contributed by atoms with Gasteiger partial charge in [-0.25, -0.2) is 0 Å². The van der Waals surface area contributed by atoms with Crippen LogP contribution in [0.2, 0.25) is 0 Å². The number of hydrogen-bond acceptors (Lipinski definition) is 3. The van der Waals surface area contributed by atoms with E-state index in [2.05, 4.69) is 36.7 Å². The third kappa shape index (κ3) is 6.06. The summed E-state index contributed by atoms with van der Waals surface area (Å²) in [6.45, 7) is 2.25. The second kappa shape index (κ2) is 10.7. The van der Waals surface area contributed by atoms with Crippen LogP contribution in [0.25, 0.3) is 0 Å². The van der Waals surface area contributed by atoms with Crippen molar-refractivity contribution in [2.45, 2.75) is 83.3 Å². The number of carboxylic acids is 1. The summed E-state index contributed by atoms with van der Waals surface area (Å²) in [6, 6.07) is 0.465. The quantitative estimate of drug-likeness (QED) is 0.403. The third-order valence-corrected chi connectivity index (χ3v) is 5.21. The van der Waals surface area contributed by atoms with Gasteiger partial charge in [-0.15, -0.1) is 0 Å². The average Bonchev–Trinajstić information content (AvgIpc) is 3.15. The van der Waals surface area contributed by atoms with Crippen molar-refractivity contribution in [1.29, 1.82) is 0 Å². The Morgan fingerprint density at radius 2 is 2.00 bits per heavy atom. The Labute approximate surface area is 146 Å². The molecule has 0 aromatic heterocycles. The van der Waals surface area contributed by atoms with Gasteiger partial charge < -0.3 is 5.11 Å². The van der Waals surface area contributed by atoms with Crippen LogP contribution in [0.3, 0.4) is 0 Å². The first-order valence-electron chi connectivity index (χ1n) is 9.67. The molecule has 2 rings (SSSR count). The molecule has 1 saturated carbocycles. The van der Waals surface area contributed by atoms with Crippen molar-refractivity contribution < 1.29 is 14.7 Å². The highest BCUT2D eigenvalue weighted by molar-refractivity contribution is 5.66. The highest BCUT2D eigenvalue weighted by atomic mass is 16.7. The van der Waals surface area contributed by atoms with Gasteiger partial charge in [-0.05, 0) is 44.4 Å². The highest BCUT2D eigenvalue weighted by Crippen LogP contribution is 2.41. The second-order valence-corrected chi connectivity index (χ2v) is 7.13. The zero-order chi connectivity index (χ0) is 17.2. The first-order valence-corrected chi connectivity index (χ1v) is 9.67. The summed E-state index contributed by atoms with van der Waals surface area (Å²) in [5.74, 6) is 0.414. The van der Waals surface area contributed by atoms with E-state index in [-0.39, 0.29) is 6.42 Å². The molecule has 2 aliphatic rings. The van der Waals surface area contributed by atoms with Crippen LogP contribution in [0.4, 0.5) is 0 Å². The van der Waals surface area contributed by atoms with Crippen molar-refractivity contribution in [2.75, 3.05) is 0 Å². The molecule has 2 fully saturated rings. The molecule has 1 saturated heterocycles. The molecule has 136 valence electrons. The van der Waals surface area contributed by atoms with E-state index in [1.54, 1.807) is 0 Å². The van der Waals surface area contributed by atoms with E-state index >= 15 is 0 Å². The Morgan fingerprint density at radius 3 is 2.79 bits per heavy atom. The van der Waals surface area contributed by atoms with Crippen molar-refractivity contribution in [3.05, 3.63) is 24.3 Å². The number of allylic oxidation sites excluding steroid dienone is 3. The Kier molecular flexibility index (Phi) is 8.54. The summed E-state index contributed by atoms with van der Waals surface area (Å²) in [7, 11) is 0. The lowest BCUT2D eigenvalue weighted by atomic mass is 9.88. The van der Waals surface area contributed by atoms with Gasteiger partial charge in [0.2, 0.25) is 0 Å². The molecular formula is C20H33NO3. The number of hydrogen-bond donors (Lipinski definition) is 2. The molecule has 24 heavy (non-hydrogen) atoms. The fraction of sp³-hybridized carbons (Fsp3) is 0.750. The van der Waals surface area contributed by atoms with Crippen molar-refractivity contribution >= 4 is 5.97 Å². The normalized spacial score (nSPS) is 29.2. The van der Waals surface area contributed by atoms with Gasteiger partial charge in [0.1, 0.15) is 0 Å². The molecule has 0 radical (unpaired) electrons. The number of fused-ring (bicyclic) bond motifs is 2. The molecule has 0 spiro atoms. The van der Waals surface area contributed by atoms with Crippen LogP contribution in [0.5, 0.6) is 0 Å². The van der Waals surface area contributed by atoms with Crippen LogP contribution < -0.4 is 5.48 Å². The van der Waals surface area contributed by atoms with Crippen LogP contribution in [0.15, 0.2) is 24.3 Å². The molecule has 0 aromatic rings. The van der Waals surface area contributed by atoms with Crippen LogP contribution in [0, 0.1) is 11.8 Å². The van der Waals surface area contributed by atoms with Gasteiger partial charge in [-0.2, -0.15) is 5.48 Å². The average molecular weight is 335 g/mol. The molecule has 4 heteroatoms. The lowest BCUT2D eigenvalue weighted by Crippen LogP contribution is -2.37. The van der Waals surface area contributed by atoms with Crippen LogP contribution >= 0.6 is 0 Å². The largest absolute Gasteiger partial charge is 0.481 e. The monoisotopic (exact) mass is 335 g/mol. The molecule has 1 heterocycles. The zero-order valence-electron chi connectivity index (χ0n) is 15.0. The summed E-state index contributed by atoms with van der Waals surface area (Å²) >= 11 is 0. The molecule has 2 unspecified atom stereocenters. The molecule has 2 bridgehead atoms. The number of hydroxylamine groups is 1. The molecular weight excluding hydrogens is 302 g/mol. The van der Waals surface area contributed by atoms with Crippen molar-refractivity contribution in [3.63, 3.8) is 0 Å². The number of aliphatic carboxylic acids is 1. The van der Waals surface area contributed by atoms with E-state index < -0.39 is 5.97 Å². The van der Waals surface area contributed by atoms with E-state index in [4.69, 9.17) is 9.94 Å². The predicted molar refractivity (Wildman–Crippen MR) is 96.5 cm³/mol. The Morgan fingerprint density at radius 1 is 1.17 bits per heavy atom. The fourth-order valence-corrected chi connectivity index (χ4v) is 3.84. The highest BCUT2D eigenvalue weighted by Gasteiger charge is 2.47. The molecule has 0 amide bonds. The Bertz CT molecular complexity index is 433. The Balaban J connectivity index is 1.72. The van der Waals surface area contributed by atoms with E-state index in [1.807, 2.05) is 0 Å². The molecule has 0 aromatic carbocycles. The van der Waals surface area contributed by atoms with Gasteiger partial charge in [-0.1, -0.05) is 50.5 Å². The zero-order valence-corrected chi connectivity index (χ0v) is 15.0. The van der Waals surface area contributed by atoms with Crippen molar-refractivity contribution in [2.24, 2.45) is 11.8 Å². The standard InChI is InChI=1S/C20H33NO3/c1-2-3-4-5-6-9-12-16-17(19-15-18(16)21-24-19)13-10-7-8-11-14-20(22)23/h7,9-10,12,16-19,21H,2-6,8,11,13-15H2,1H3,(H,22,23)/t16-,17-,18?,19?/m1/s1. The summed E-state index contributed by atoms with van der Waals surface area (Å²) in [5.41, 5.74) is 3.18. The topological polar surface area (TPSA) is 58.6 Å². The van der Waals surface area contributed by atoms with Gasteiger partial charge in [0.05, 0.1) is 6.10 Å². The summed E-state index contributed by atoms with van der Waals surface area (Å²) < 4.78 is 0. The fourth-order valence-electron chi connectivity index (χ4n) is 3.84. The lowest BCUT2D eigenvalue weighted by Gasteiger charge is -2.28. The van der Waals surface area contributed by atoms with Gasteiger partial charge in [0.25, 0.3) is 0 Å². The Hall–Kier alpha value is -1.13. The maximum atomic E-state index is 10.5. The minimum Gasteiger partial charge on any atom is -0.481 e. The summed E-state index contributed by atoms with van der Waals surface area (Å²) in [4.78, 5) is 16.2. The van der Waals surface area contributed by atoms with Crippen LogP contribution in [-0.2, 0) is 9.63 Å². The maximum absolute atomic E-state index is 10.5. The van der Waals surface area contributed by atoms with E-state index in [0.29, 0.717) is 24.0 Å².